The van der Waals surface area contributed by atoms with Crippen molar-refractivity contribution in [2.75, 3.05) is 85.1 Å². The van der Waals surface area contributed by atoms with Crippen LogP contribution in [0.15, 0.2) is 29.4 Å². The van der Waals surface area contributed by atoms with Crippen LogP contribution in [0, 0.1) is 0 Å². The fourth-order valence-corrected chi connectivity index (χ4v) is 4.64. The monoisotopic (exact) mass is 473 g/mol. The van der Waals surface area contributed by atoms with E-state index in [9.17, 15) is 0 Å². The normalized spacial score (nSPS) is 27.9. The van der Waals surface area contributed by atoms with Crippen LogP contribution in [0.5, 0.6) is 0 Å². The molecule has 0 aromatic heterocycles. The Kier molecular flexibility index (Phi) is 11.5. The second kappa shape index (κ2) is 14.6. The predicted octanol–water partition coefficient (Wildman–Crippen LogP) is -0.630. The number of rotatable bonds is 6. The molecule has 34 heavy (non-hydrogen) atoms. The van der Waals surface area contributed by atoms with Gasteiger partial charge in [0.15, 0.2) is 0 Å². The SMILES string of the molecule is CCNC12CNCCNCC(NCc3ccc(N=[N+]=[N-])cc3)(CNCCNC1)CNCCNC2. The molecule has 0 unspecified atom stereocenters. The lowest BCUT2D eigenvalue weighted by atomic mass is 9.97. The van der Waals surface area contributed by atoms with E-state index in [1.807, 2.05) is 24.3 Å². The Morgan fingerprint density at radius 3 is 1.53 bits per heavy atom. The highest BCUT2D eigenvalue weighted by Crippen LogP contribution is 2.14. The van der Waals surface area contributed by atoms with E-state index in [0.29, 0.717) is 5.69 Å². The van der Waals surface area contributed by atoms with Crippen LogP contribution in [-0.2, 0) is 6.54 Å². The second-order valence-corrected chi connectivity index (χ2v) is 9.36. The molecule has 4 rings (SSSR count). The molecule has 1 aromatic carbocycles. The predicted molar refractivity (Wildman–Crippen MR) is 138 cm³/mol. The van der Waals surface area contributed by atoms with Crippen LogP contribution < -0.4 is 42.5 Å². The van der Waals surface area contributed by atoms with Crippen molar-refractivity contribution >= 4 is 5.69 Å². The molecule has 3 saturated heterocycles. The first-order chi connectivity index (χ1) is 16.7. The lowest BCUT2D eigenvalue weighted by Gasteiger charge is -2.39. The zero-order valence-electron chi connectivity index (χ0n) is 20.6. The maximum Gasteiger partial charge on any atom is 0.0561 e. The van der Waals surface area contributed by atoms with Crippen LogP contribution >= 0.6 is 0 Å². The third-order valence-electron chi connectivity index (χ3n) is 6.53. The van der Waals surface area contributed by atoms with Crippen molar-refractivity contribution in [2.45, 2.75) is 24.5 Å². The summed E-state index contributed by atoms with van der Waals surface area (Å²) in [6.07, 6.45) is 0. The molecule has 3 aliphatic rings. The minimum Gasteiger partial charge on any atom is -0.314 e. The molecular formula is C23H43N11. The molecule has 0 atom stereocenters. The number of likely N-dealkylation sites (N-methyl/N-ethyl adjacent to an activating group) is 1. The van der Waals surface area contributed by atoms with E-state index >= 15 is 0 Å². The number of fused-ring (bicyclic) bond motifs is 15. The molecular weight excluding hydrogens is 430 g/mol. The minimum atomic E-state index is -0.148. The van der Waals surface area contributed by atoms with Crippen molar-refractivity contribution in [1.29, 1.82) is 0 Å². The van der Waals surface area contributed by atoms with Crippen LogP contribution in [0.2, 0.25) is 0 Å². The highest BCUT2D eigenvalue weighted by atomic mass is 15.2. The molecule has 190 valence electrons. The summed E-state index contributed by atoms with van der Waals surface area (Å²) in [6.45, 7) is 14.7. The van der Waals surface area contributed by atoms with Crippen molar-refractivity contribution in [2.24, 2.45) is 5.11 Å². The lowest BCUT2D eigenvalue weighted by molar-refractivity contribution is 0.256. The zero-order chi connectivity index (χ0) is 24.0. The van der Waals surface area contributed by atoms with E-state index < -0.39 is 0 Å². The molecule has 0 amide bonds. The molecule has 0 aliphatic carbocycles. The summed E-state index contributed by atoms with van der Waals surface area (Å²) in [4.78, 5) is 2.86. The first kappa shape index (κ1) is 26.8. The lowest BCUT2D eigenvalue weighted by Crippen LogP contribution is -2.66. The summed E-state index contributed by atoms with van der Waals surface area (Å²) in [6, 6.07) is 7.76. The summed E-state index contributed by atoms with van der Waals surface area (Å²) in [5.41, 5.74) is 10.3. The van der Waals surface area contributed by atoms with Crippen LogP contribution in [0.3, 0.4) is 0 Å². The molecule has 0 radical (unpaired) electrons. The van der Waals surface area contributed by atoms with E-state index in [2.05, 4.69) is 59.5 Å². The summed E-state index contributed by atoms with van der Waals surface area (Å²) < 4.78 is 0. The van der Waals surface area contributed by atoms with E-state index in [-0.39, 0.29) is 11.1 Å². The quantitative estimate of drug-likeness (QED) is 0.155. The van der Waals surface area contributed by atoms with E-state index in [0.717, 1.165) is 97.2 Å². The first-order valence-electron chi connectivity index (χ1n) is 12.6. The number of hydrogen-bond acceptors (Lipinski definition) is 9. The fraction of sp³-hybridized carbons (Fsp3) is 0.739. The van der Waals surface area contributed by atoms with Crippen molar-refractivity contribution in [3.05, 3.63) is 40.3 Å². The van der Waals surface area contributed by atoms with Gasteiger partial charge in [0, 0.05) is 95.7 Å². The Morgan fingerprint density at radius 1 is 0.735 bits per heavy atom. The van der Waals surface area contributed by atoms with E-state index in [4.69, 9.17) is 5.53 Å². The Bertz CT molecular complexity index is 704. The number of azide groups is 1. The summed E-state index contributed by atoms with van der Waals surface area (Å²) in [5.74, 6) is 0. The molecule has 3 fully saturated rings. The molecule has 2 bridgehead atoms. The van der Waals surface area contributed by atoms with E-state index in [1.54, 1.807) is 0 Å². The number of nitrogens with one attached hydrogen (secondary N) is 8. The van der Waals surface area contributed by atoms with Gasteiger partial charge in [0.2, 0.25) is 0 Å². The second-order valence-electron chi connectivity index (χ2n) is 9.36. The summed E-state index contributed by atoms with van der Waals surface area (Å²) in [5, 5.41) is 33.3. The van der Waals surface area contributed by atoms with Crippen LogP contribution in [-0.4, -0.2) is 96.2 Å². The summed E-state index contributed by atoms with van der Waals surface area (Å²) in [7, 11) is 0. The van der Waals surface area contributed by atoms with E-state index in [1.165, 1.54) is 0 Å². The van der Waals surface area contributed by atoms with Crippen molar-refractivity contribution < 1.29 is 0 Å². The molecule has 0 saturated carbocycles. The number of hydrogen-bond donors (Lipinski definition) is 8. The topological polar surface area (TPSA) is 145 Å². The van der Waals surface area contributed by atoms with Crippen molar-refractivity contribution in [3.8, 4) is 0 Å². The van der Waals surface area contributed by atoms with Crippen molar-refractivity contribution in [1.82, 2.24) is 42.5 Å². The third-order valence-corrected chi connectivity index (χ3v) is 6.53. The smallest absolute Gasteiger partial charge is 0.0561 e. The largest absolute Gasteiger partial charge is 0.314 e. The number of benzene rings is 1. The van der Waals surface area contributed by atoms with Gasteiger partial charge >= 0.3 is 0 Å². The summed E-state index contributed by atoms with van der Waals surface area (Å²) >= 11 is 0. The zero-order valence-corrected chi connectivity index (χ0v) is 20.6. The highest BCUT2D eigenvalue weighted by molar-refractivity contribution is 5.38. The van der Waals surface area contributed by atoms with Gasteiger partial charge in [-0.2, -0.15) is 0 Å². The molecule has 3 heterocycles. The van der Waals surface area contributed by atoms with Gasteiger partial charge in [-0.05, 0) is 17.6 Å². The van der Waals surface area contributed by atoms with Gasteiger partial charge < -0.3 is 42.5 Å². The standard InChI is InChI=1S/C23H43N11/c1-2-31-22-14-25-7-10-28-17-23(18-29-11-8-26-15-22,19-30-12-9-27-16-22)32-13-20-3-5-21(6-4-20)33-34-24/h3-6,25-32H,2,7-19H2,1H3. The minimum absolute atomic E-state index is 0.0115. The Hall–Kier alpha value is -1.79. The first-order valence-corrected chi connectivity index (χ1v) is 12.6. The van der Waals surface area contributed by atoms with Gasteiger partial charge in [-0.3, -0.25) is 0 Å². The average Bonchev–Trinajstić information content (AvgIpc) is 2.85. The maximum absolute atomic E-state index is 8.63. The Morgan fingerprint density at radius 2 is 1.15 bits per heavy atom. The molecule has 11 heteroatoms. The molecule has 0 spiro atoms. The Labute approximate surface area is 203 Å². The van der Waals surface area contributed by atoms with Gasteiger partial charge in [0.25, 0.3) is 0 Å². The molecule has 8 N–H and O–H groups in total. The highest BCUT2D eigenvalue weighted by Gasteiger charge is 2.31. The van der Waals surface area contributed by atoms with Gasteiger partial charge in [0.1, 0.15) is 0 Å². The van der Waals surface area contributed by atoms with Crippen LogP contribution in [0.25, 0.3) is 10.4 Å². The van der Waals surface area contributed by atoms with Crippen LogP contribution in [0.1, 0.15) is 12.5 Å². The van der Waals surface area contributed by atoms with Gasteiger partial charge in [-0.25, -0.2) is 0 Å². The molecule has 11 nitrogen and oxygen atoms in total. The van der Waals surface area contributed by atoms with Crippen LogP contribution in [0.4, 0.5) is 5.69 Å². The Balaban J connectivity index is 1.71. The fourth-order valence-electron chi connectivity index (χ4n) is 4.64. The number of nitrogens with zero attached hydrogens (tertiary/aromatic N) is 3. The van der Waals surface area contributed by atoms with Crippen molar-refractivity contribution in [3.63, 3.8) is 0 Å². The average molecular weight is 474 g/mol. The van der Waals surface area contributed by atoms with Gasteiger partial charge in [-0.1, -0.05) is 36.3 Å². The third kappa shape index (κ3) is 8.77. The maximum atomic E-state index is 8.63. The van der Waals surface area contributed by atoms with Gasteiger partial charge in [-0.15, -0.1) is 0 Å². The molecule has 1 aromatic rings. The molecule has 3 aliphatic heterocycles. The van der Waals surface area contributed by atoms with Gasteiger partial charge in [0.05, 0.1) is 11.1 Å².